The number of methoxy groups -OCH3 is 1. The molecule has 108 valence electrons. The zero-order chi connectivity index (χ0) is 15.2. The van der Waals surface area contributed by atoms with Gasteiger partial charge >= 0.3 is 5.97 Å². The van der Waals surface area contributed by atoms with E-state index in [1.165, 1.54) is 7.11 Å². The lowest BCUT2D eigenvalue weighted by Crippen LogP contribution is -2.19. The van der Waals surface area contributed by atoms with Crippen LogP contribution in [0.4, 0.5) is 5.69 Å². The van der Waals surface area contributed by atoms with E-state index < -0.39 is 5.97 Å². The summed E-state index contributed by atoms with van der Waals surface area (Å²) < 4.78 is 10.5. The quantitative estimate of drug-likeness (QED) is 0.514. The van der Waals surface area contributed by atoms with E-state index >= 15 is 0 Å². The van der Waals surface area contributed by atoms with E-state index in [0.29, 0.717) is 22.7 Å². The largest absolute Gasteiger partial charge is 0.495 e. The van der Waals surface area contributed by atoms with Crippen LogP contribution in [0.15, 0.2) is 48.5 Å². The fourth-order valence-electron chi connectivity index (χ4n) is 1.72. The van der Waals surface area contributed by atoms with Crippen LogP contribution in [0, 0.1) is 0 Å². The predicted octanol–water partition coefficient (Wildman–Crippen LogP) is 2.57. The van der Waals surface area contributed by atoms with E-state index in [1.54, 1.807) is 42.5 Å². The molecule has 0 saturated heterocycles. The van der Waals surface area contributed by atoms with E-state index in [-0.39, 0.29) is 5.11 Å². The highest BCUT2D eigenvalue weighted by atomic mass is 32.1. The Bertz CT molecular complexity index is 659. The van der Waals surface area contributed by atoms with Gasteiger partial charge in [0.25, 0.3) is 0 Å². The number of nitrogens with one attached hydrogen (secondary N) is 1. The van der Waals surface area contributed by atoms with E-state index in [9.17, 15) is 4.79 Å². The molecule has 0 fully saturated rings. The van der Waals surface area contributed by atoms with Crippen molar-refractivity contribution in [2.75, 3.05) is 12.4 Å². The summed E-state index contributed by atoms with van der Waals surface area (Å²) >= 11 is 4.80. The number of carbonyl (C=O) groups excluding carboxylic acids is 1. The van der Waals surface area contributed by atoms with Crippen molar-refractivity contribution in [1.82, 2.24) is 0 Å². The predicted molar refractivity (Wildman–Crippen MR) is 84.8 cm³/mol. The first-order valence-corrected chi connectivity index (χ1v) is 6.52. The summed E-state index contributed by atoms with van der Waals surface area (Å²) in [6.45, 7) is 0. The molecule has 2 rings (SSSR count). The van der Waals surface area contributed by atoms with Crippen molar-refractivity contribution in [2.24, 2.45) is 5.73 Å². The molecule has 3 N–H and O–H groups in total. The van der Waals surface area contributed by atoms with Crippen LogP contribution in [-0.4, -0.2) is 18.2 Å². The van der Waals surface area contributed by atoms with Crippen LogP contribution in [0.3, 0.4) is 0 Å². The molecule has 0 saturated carbocycles. The Kier molecular flexibility index (Phi) is 4.73. The van der Waals surface area contributed by atoms with Gasteiger partial charge in [0, 0.05) is 6.07 Å². The number of ether oxygens (including phenoxy) is 2. The van der Waals surface area contributed by atoms with Gasteiger partial charge in [-0.15, -0.1) is 0 Å². The topological polar surface area (TPSA) is 73.6 Å². The SMILES string of the molecule is COc1ccc(OC(=O)c2ccccc2)cc1NC(N)=S. The zero-order valence-corrected chi connectivity index (χ0v) is 12.1. The van der Waals surface area contributed by atoms with E-state index in [4.69, 9.17) is 27.4 Å². The smallest absolute Gasteiger partial charge is 0.343 e. The molecule has 5 nitrogen and oxygen atoms in total. The normalized spacial score (nSPS) is 9.76. The summed E-state index contributed by atoms with van der Waals surface area (Å²) in [6.07, 6.45) is 0. The number of nitrogens with two attached hydrogens (primary N) is 1. The summed E-state index contributed by atoms with van der Waals surface area (Å²) in [5.74, 6) is 0.466. The number of rotatable bonds is 4. The van der Waals surface area contributed by atoms with Crippen LogP contribution in [0.25, 0.3) is 0 Å². The molecule has 0 aliphatic carbocycles. The summed E-state index contributed by atoms with van der Waals surface area (Å²) in [5, 5.41) is 2.87. The van der Waals surface area contributed by atoms with Crippen LogP contribution in [0.5, 0.6) is 11.5 Å². The van der Waals surface area contributed by atoms with E-state index in [2.05, 4.69) is 5.32 Å². The molecule has 2 aromatic carbocycles. The number of carbonyl (C=O) groups is 1. The highest BCUT2D eigenvalue weighted by Gasteiger charge is 2.11. The highest BCUT2D eigenvalue weighted by molar-refractivity contribution is 7.80. The summed E-state index contributed by atoms with van der Waals surface area (Å²) in [4.78, 5) is 12.0. The number of hydrogen-bond donors (Lipinski definition) is 2. The second-order valence-electron chi connectivity index (χ2n) is 4.11. The van der Waals surface area contributed by atoms with Crippen molar-refractivity contribution in [2.45, 2.75) is 0 Å². The van der Waals surface area contributed by atoms with Gasteiger partial charge in [-0.3, -0.25) is 0 Å². The molecule has 21 heavy (non-hydrogen) atoms. The summed E-state index contributed by atoms with van der Waals surface area (Å²) in [6, 6.07) is 13.6. The molecule has 0 unspecified atom stereocenters. The molecule has 0 spiro atoms. The van der Waals surface area contributed by atoms with Crippen molar-refractivity contribution >= 4 is 29.0 Å². The Labute approximate surface area is 127 Å². The minimum absolute atomic E-state index is 0.0971. The molecule has 0 atom stereocenters. The first-order valence-electron chi connectivity index (χ1n) is 6.12. The Morgan fingerprint density at radius 1 is 1.19 bits per heavy atom. The molecule has 0 aromatic heterocycles. The third kappa shape index (κ3) is 3.93. The average Bonchev–Trinajstić information content (AvgIpc) is 2.48. The lowest BCUT2D eigenvalue weighted by molar-refractivity contribution is 0.0735. The van der Waals surface area contributed by atoms with Gasteiger partial charge in [0.05, 0.1) is 18.4 Å². The second-order valence-corrected chi connectivity index (χ2v) is 4.55. The maximum absolute atomic E-state index is 12.0. The van der Waals surface area contributed by atoms with Crippen molar-refractivity contribution in [3.05, 3.63) is 54.1 Å². The zero-order valence-electron chi connectivity index (χ0n) is 11.3. The third-order valence-electron chi connectivity index (χ3n) is 2.65. The lowest BCUT2D eigenvalue weighted by atomic mass is 10.2. The number of benzene rings is 2. The Balaban J connectivity index is 2.20. The molecule has 6 heteroatoms. The molecule has 0 aliphatic rings. The summed E-state index contributed by atoms with van der Waals surface area (Å²) in [5.41, 5.74) is 6.45. The number of hydrogen-bond acceptors (Lipinski definition) is 4. The molecule has 0 heterocycles. The maximum atomic E-state index is 12.0. The first-order chi connectivity index (χ1) is 10.1. The van der Waals surface area contributed by atoms with Gasteiger partial charge in [-0.2, -0.15) is 0 Å². The van der Waals surface area contributed by atoms with Gasteiger partial charge in [0.15, 0.2) is 5.11 Å². The number of anilines is 1. The van der Waals surface area contributed by atoms with Gasteiger partial charge < -0.3 is 20.5 Å². The third-order valence-corrected chi connectivity index (χ3v) is 2.75. The minimum Gasteiger partial charge on any atom is -0.495 e. The van der Waals surface area contributed by atoms with Gasteiger partial charge in [0.1, 0.15) is 11.5 Å². The van der Waals surface area contributed by atoms with E-state index in [1.807, 2.05) is 6.07 Å². The standard InChI is InChI=1S/C15H14N2O3S/c1-19-13-8-7-11(9-12(13)17-15(16)21)20-14(18)10-5-3-2-4-6-10/h2-9H,1H3,(H3,16,17,21). The molecule has 0 bridgehead atoms. The Morgan fingerprint density at radius 2 is 1.90 bits per heavy atom. The molecular formula is C15H14N2O3S. The molecule has 0 radical (unpaired) electrons. The van der Waals surface area contributed by atoms with Gasteiger partial charge in [0.2, 0.25) is 0 Å². The highest BCUT2D eigenvalue weighted by Crippen LogP contribution is 2.29. The minimum atomic E-state index is -0.443. The first kappa shape index (κ1) is 14.8. The van der Waals surface area contributed by atoms with Gasteiger partial charge in [-0.05, 0) is 36.5 Å². The van der Waals surface area contributed by atoms with Gasteiger partial charge in [-0.25, -0.2) is 4.79 Å². The molecule has 0 aliphatic heterocycles. The van der Waals surface area contributed by atoms with Crippen molar-refractivity contribution in [3.8, 4) is 11.5 Å². The Morgan fingerprint density at radius 3 is 2.52 bits per heavy atom. The van der Waals surface area contributed by atoms with Crippen LogP contribution >= 0.6 is 12.2 Å². The maximum Gasteiger partial charge on any atom is 0.343 e. The second kappa shape index (κ2) is 6.71. The van der Waals surface area contributed by atoms with Gasteiger partial charge in [-0.1, -0.05) is 18.2 Å². The monoisotopic (exact) mass is 302 g/mol. The number of esters is 1. The fraction of sp³-hybridized carbons (Fsp3) is 0.0667. The Hall–Kier alpha value is -2.60. The van der Waals surface area contributed by atoms with Crippen LogP contribution < -0.4 is 20.5 Å². The molecule has 2 aromatic rings. The number of thiocarbonyl (C=S) groups is 1. The van der Waals surface area contributed by atoms with E-state index in [0.717, 1.165) is 0 Å². The van der Waals surface area contributed by atoms with Crippen LogP contribution in [0.1, 0.15) is 10.4 Å². The lowest BCUT2D eigenvalue weighted by Gasteiger charge is -2.12. The van der Waals surface area contributed by atoms with Crippen molar-refractivity contribution in [3.63, 3.8) is 0 Å². The molecule has 0 amide bonds. The van der Waals surface area contributed by atoms with Crippen LogP contribution in [-0.2, 0) is 0 Å². The molecular weight excluding hydrogens is 288 g/mol. The van der Waals surface area contributed by atoms with Crippen molar-refractivity contribution < 1.29 is 14.3 Å². The average molecular weight is 302 g/mol. The van der Waals surface area contributed by atoms with Crippen molar-refractivity contribution in [1.29, 1.82) is 0 Å². The summed E-state index contributed by atoms with van der Waals surface area (Å²) in [7, 11) is 1.52. The van der Waals surface area contributed by atoms with Crippen LogP contribution in [0.2, 0.25) is 0 Å². The fourth-order valence-corrected chi connectivity index (χ4v) is 1.83.